The molecular weight excluding hydrogens is 390 g/mol. The maximum absolute atomic E-state index is 13.4. The van der Waals surface area contributed by atoms with E-state index in [-0.39, 0.29) is 11.8 Å². The number of ether oxygens (including phenoxy) is 1. The van der Waals surface area contributed by atoms with Gasteiger partial charge >= 0.3 is 0 Å². The van der Waals surface area contributed by atoms with Gasteiger partial charge in [0.05, 0.1) is 18.5 Å². The van der Waals surface area contributed by atoms with Gasteiger partial charge in [0.25, 0.3) is 11.8 Å². The van der Waals surface area contributed by atoms with E-state index in [0.29, 0.717) is 30.2 Å². The van der Waals surface area contributed by atoms with Gasteiger partial charge in [-0.15, -0.1) is 11.3 Å². The van der Waals surface area contributed by atoms with Crippen molar-refractivity contribution >= 4 is 34.1 Å². The Kier molecular flexibility index (Phi) is 5.06. The number of hydrogen-bond donors (Lipinski definition) is 2. The lowest BCUT2D eigenvalue weighted by Gasteiger charge is -2.31. The van der Waals surface area contributed by atoms with Crippen molar-refractivity contribution < 1.29 is 19.5 Å². The minimum absolute atomic E-state index is 0.0268. The number of fused-ring (bicyclic) bond motifs is 2. The fourth-order valence-electron chi connectivity index (χ4n) is 4.03. The number of rotatable bonds is 4. The van der Waals surface area contributed by atoms with E-state index in [2.05, 4.69) is 0 Å². The maximum atomic E-state index is 13.4. The second-order valence-electron chi connectivity index (χ2n) is 7.22. The van der Waals surface area contributed by atoms with E-state index >= 15 is 0 Å². The molecule has 1 aromatic carbocycles. The third-order valence-electron chi connectivity index (χ3n) is 5.46. The molecule has 0 fully saturated rings. The predicted molar refractivity (Wildman–Crippen MR) is 111 cm³/mol. The monoisotopic (exact) mass is 413 g/mol. The van der Waals surface area contributed by atoms with Crippen LogP contribution in [0.25, 0.3) is 10.9 Å². The molecular formula is C21H23N3O4S. The molecule has 3 heterocycles. The van der Waals surface area contributed by atoms with Gasteiger partial charge in [0.2, 0.25) is 0 Å². The predicted octanol–water partition coefficient (Wildman–Crippen LogP) is 3.61. The van der Waals surface area contributed by atoms with Crippen molar-refractivity contribution in [2.24, 2.45) is 0 Å². The number of aryl methyl sites for hydroxylation is 1. The van der Waals surface area contributed by atoms with Crippen molar-refractivity contribution in [1.82, 2.24) is 14.9 Å². The Morgan fingerprint density at radius 3 is 2.79 bits per heavy atom. The third kappa shape index (κ3) is 3.28. The average molecular weight is 413 g/mol. The van der Waals surface area contributed by atoms with Crippen molar-refractivity contribution in [2.45, 2.75) is 32.9 Å². The van der Waals surface area contributed by atoms with Gasteiger partial charge in [-0.3, -0.25) is 14.8 Å². The van der Waals surface area contributed by atoms with E-state index in [4.69, 9.17) is 9.94 Å². The zero-order valence-electron chi connectivity index (χ0n) is 16.6. The van der Waals surface area contributed by atoms with Crippen LogP contribution in [0.4, 0.5) is 0 Å². The highest BCUT2D eigenvalue weighted by Gasteiger charge is 2.30. The topological polar surface area (TPSA) is 83.8 Å². The van der Waals surface area contributed by atoms with Crippen molar-refractivity contribution in [1.29, 1.82) is 0 Å². The number of hydroxylamine groups is 1. The van der Waals surface area contributed by atoms with Crippen molar-refractivity contribution in [3.8, 4) is 5.75 Å². The highest BCUT2D eigenvalue weighted by molar-refractivity contribution is 7.14. The standard InChI is InChI=1S/C21H23N3O4S/c1-4-24-16-6-5-14(28-3)7-13(16)8-17(24)21(26)23-10-12(2)15-9-18(20(25)22-27)29-19(15)11-23/h5-9,12,27H,4,10-11H2,1-3H3,(H,22,25). The van der Waals surface area contributed by atoms with Gasteiger partial charge in [-0.25, -0.2) is 5.48 Å². The summed E-state index contributed by atoms with van der Waals surface area (Å²) in [5, 5.41) is 9.87. The summed E-state index contributed by atoms with van der Waals surface area (Å²) < 4.78 is 7.34. The molecule has 2 N–H and O–H groups in total. The molecule has 1 aliphatic heterocycles. The van der Waals surface area contributed by atoms with Gasteiger partial charge in [-0.2, -0.15) is 0 Å². The lowest BCUT2D eigenvalue weighted by molar-refractivity contribution is 0.0705. The smallest absolute Gasteiger partial charge is 0.284 e. The Morgan fingerprint density at radius 1 is 1.31 bits per heavy atom. The number of nitrogens with zero attached hydrogens (tertiary/aromatic N) is 2. The first-order chi connectivity index (χ1) is 14.0. The highest BCUT2D eigenvalue weighted by Crippen LogP contribution is 2.35. The second kappa shape index (κ2) is 7.53. The van der Waals surface area contributed by atoms with Gasteiger partial charge in [0, 0.05) is 28.9 Å². The molecule has 0 aliphatic carbocycles. The molecule has 0 bridgehead atoms. The normalized spacial score (nSPS) is 16.0. The summed E-state index contributed by atoms with van der Waals surface area (Å²) in [6.07, 6.45) is 0. The lowest BCUT2D eigenvalue weighted by atomic mass is 9.96. The van der Waals surface area contributed by atoms with Crippen LogP contribution in [0, 0.1) is 0 Å². The van der Waals surface area contributed by atoms with Crippen LogP contribution >= 0.6 is 11.3 Å². The van der Waals surface area contributed by atoms with Crippen LogP contribution in [0.1, 0.15) is 50.4 Å². The molecule has 3 aromatic rings. The molecule has 2 amide bonds. The number of carbonyl (C=O) groups is 2. The lowest BCUT2D eigenvalue weighted by Crippen LogP contribution is -2.37. The fraction of sp³-hybridized carbons (Fsp3) is 0.333. The number of methoxy groups -OCH3 is 1. The van der Waals surface area contributed by atoms with Crippen LogP contribution in [0.3, 0.4) is 0 Å². The largest absolute Gasteiger partial charge is 0.497 e. The third-order valence-corrected chi connectivity index (χ3v) is 6.59. The molecule has 0 saturated carbocycles. The van der Waals surface area contributed by atoms with Gasteiger partial charge in [0.15, 0.2) is 0 Å². The van der Waals surface area contributed by atoms with Crippen molar-refractivity contribution in [3.05, 3.63) is 51.3 Å². The van der Waals surface area contributed by atoms with E-state index in [1.807, 2.05) is 53.6 Å². The minimum Gasteiger partial charge on any atom is -0.497 e. The number of nitrogens with one attached hydrogen (secondary N) is 1. The Morgan fingerprint density at radius 2 is 2.10 bits per heavy atom. The highest BCUT2D eigenvalue weighted by atomic mass is 32.1. The van der Waals surface area contributed by atoms with E-state index < -0.39 is 5.91 Å². The van der Waals surface area contributed by atoms with Crippen LogP contribution in [-0.4, -0.2) is 40.1 Å². The number of amides is 2. The van der Waals surface area contributed by atoms with Crippen LogP contribution in [0.2, 0.25) is 0 Å². The van der Waals surface area contributed by atoms with Gasteiger partial charge < -0.3 is 14.2 Å². The van der Waals surface area contributed by atoms with Crippen LogP contribution in [-0.2, 0) is 13.1 Å². The summed E-state index contributed by atoms with van der Waals surface area (Å²) in [6.45, 7) is 5.79. The Balaban J connectivity index is 1.68. The second-order valence-corrected chi connectivity index (χ2v) is 8.35. The molecule has 1 atom stereocenters. The van der Waals surface area contributed by atoms with E-state index in [1.54, 1.807) is 12.6 Å². The Hall–Kier alpha value is -2.84. The fourth-order valence-corrected chi connectivity index (χ4v) is 5.22. The van der Waals surface area contributed by atoms with Gasteiger partial charge in [-0.1, -0.05) is 6.92 Å². The zero-order chi connectivity index (χ0) is 20.7. The molecule has 2 aromatic heterocycles. The number of carbonyl (C=O) groups excluding carboxylic acids is 2. The van der Waals surface area contributed by atoms with Crippen LogP contribution < -0.4 is 10.2 Å². The molecule has 1 aliphatic rings. The maximum Gasteiger partial charge on any atom is 0.284 e. The average Bonchev–Trinajstić information content (AvgIpc) is 3.33. The molecule has 1 unspecified atom stereocenters. The summed E-state index contributed by atoms with van der Waals surface area (Å²) in [5.41, 5.74) is 4.40. The SMILES string of the molecule is CCn1c(C(=O)N2Cc3sc(C(=O)NO)cc3C(C)C2)cc2cc(OC)ccc21. The van der Waals surface area contributed by atoms with E-state index in [9.17, 15) is 9.59 Å². The molecule has 0 spiro atoms. The number of thiophene rings is 1. The van der Waals surface area contributed by atoms with Crippen LogP contribution in [0.5, 0.6) is 5.75 Å². The molecule has 152 valence electrons. The minimum atomic E-state index is -0.519. The number of hydrogen-bond acceptors (Lipinski definition) is 5. The van der Waals surface area contributed by atoms with Crippen molar-refractivity contribution in [2.75, 3.05) is 13.7 Å². The van der Waals surface area contributed by atoms with Gasteiger partial charge in [0.1, 0.15) is 11.4 Å². The van der Waals surface area contributed by atoms with Crippen molar-refractivity contribution in [3.63, 3.8) is 0 Å². The molecule has 8 heteroatoms. The molecule has 7 nitrogen and oxygen atoms in total. The summed E-state index contributed by atoms with van der Waals surface area (Å²) in [7, 11) is 1.63. The van der Waals surface area contributed by atoms with Gasteiger partial charge in [-0.05, 0) is 48.7 Å². The van der Waals surface area contributed by atoms with E-state index in [0.717, 1.165) is 27.1 Å². The van der Waals surface area contributed by atoms with Crippen LogP contribution in [0.15, 0.2) is 30.3 Å². The first kappa shape index (κ1) is 19.5. The first-order valence-corrected chi connectivity index (χ1v) is 10.3. The summed E-state index contributed by atoms with van der Waals surface area (Å²) >= 11 is 1.32. The molecule has 29 heavy (non-hydrogen) atoms. The zero-order valence-corrected chi connectivity index (χ0v) is 17.4. The molecule has 4 rings (SSSR count). The number of aromatic nitrogens is 1. The summed E-state index contributed by atoms with van der Waals surface area (Å²) in [5.74, 6) is 0.323. The first-order valence-electron chi connectivity index (χ1n) is 9.50. The summed E-state index contributed by atoms with van der Waals surface area (Å²) in [4.78, 5) is 28.5. The molecule has 0 saturated heterocycles. The van der Waals surface area contributed by atoms with E-state index in [1.165, 1.54) is 11.3 Å². The molecule has 0 radical (unpaired) electrons. The quantitative estimate of drug-likeness (QED) is 0.506. The summed E-state index contributed by atoms with van der Waals surface area (Å²) in [6, 6.07) is 9.55. The Labute approximate surface area is 172 Å². The Bertz CT molecular complexity index is 1100. The number of benzene rings is 1.